The van der Waals surface area contributed by atoms with Crippen LogP contribution >= 0.6 is 0 Å². The van der Waals surface area contributed by atoms with Crippen molar-refractivity contribution in [3.63, 3.8) is 0 Å². The molecule has 2 heterocycles. The first-order valence-electron chi connectivity index (χ1n) is 8.84. The highest BCUT2D eigenvalue weighted by Gasteiger charge is 2.28. The van der Waals surface area contributed by atoms with E-state index in [-0.39, 0.29) is 29.0 Å². The number of ether oxygens (including phenoxy) is 1. The van der Waals surface area contributed by atoms with Crippen LogP contribution in [0.1, 0.15) is 44.4 Å². The summed E-state index contributed by atoms with van der Waals surface area (Å²) in [6, 6.07) is 3.22. The fraction of sp³-hybridized carbons (Fsp3) is 0.500. The van der Waals surface area contributed by atoms with Gasteiger partial charge in [-0.15, -0.1) is 0 Å². The normalized spacial score (nSPS) is 17.4. The van der Waals surface area contributed by atoms with Gasteiger partial charge >= 0.3 is 6.61 Å². The van der Waals surface area contributed by atoms with E-state index in [2.05, 4.69) is 14.9 Å². The molecular formula is C18H20F3N3O3. The first-order chi connectivity index (χ1) is 13.0. The predicted molar refractivity (Wildman–Crippen MR) is 89.8 cm³/mol. The largest absolute Gasteiger partial charge is 0.435 e. The van der Waals surface area contributed by atoms with Gasteiger partial charge in [0.1, 0.15) is 11.6 Å². The molecule has 9 heteroatoms. The second kappa shape index (κ2) is 8.41. The van der Waals surface area contributed by atoms with Crippen LogP contribution in [0.25, 0.3) is 11.4 Å². The molecule has 1 atom stereocenters. The van der Waals surface area contributed by atoms with E-state index in [0.29, 0.717) is 25.4 Å². The highest BCUT2D eigenvalue weighted by Crippen LogP contribution is 2.30. The molecule has 0 N–H and O–H groups in total. The zero-order valence-corrected chi connectivity index (χ0v) is 14.8. The smallest absolute Gasteiger partial charge is 0.387 e. The Balaban J connectivity index is 1.77. The van der Waals surface area contributed by atoms with Gasteiger partial charge in [0.2, 0.25) is 17.6 Å². The van der Waals surface area contributed by atoms with Crippen molar-refractivity contribution in [3.05, 3.63) is 29.9 Å². The van der Waals surface area contributed by atoms with Gasteiger partial charge in [0.15, 0.2) is 0 Å². The van der Waals surface area contributed by atoms with Crippen LogP contribution in [0, 0.1) is 5.82 Å². The Kier molecular flexibility index (Phi) is 5.98. The van der Waals surface area contributed by atoms with E-state index >= 15 is 0 Å². The second-order valence-corrected chi connectivity index (χ2v) is 6.41. The molecule has 3 rings (SSSR count). The molecular weight excluding hydrogens is 363 g/mol. The summed E-state index contributed by atoms with van der Waals surface area (Å²) in [6.07, 6.45) is 2.85. The maximum atomic E-state index is 14.1. The van der Waals surface area contributed by atoms with E-state index < -0.39 is 12.4 Å². The summed E-state index contributed by atoms with van der Waals surface area (Å²) >= 11 is 0. The third-order valence-electron chi connectivity index (χ3n) is 4.43. The van der Waals surface area contributed by atoms with Gasteiger partial charge in [-0.05, 0) is 37.5 Å². The summed E-state index contributed by atoms with van der Waals surface area (Å²) in [5, 5.41) is 3.78. The number of carbonyl (C=O) groups excluding carboxylic acids is 1. The molecule has 1 unspecified atom stereocenters. The number of amides is 1. The Morgan fingerprint density at radius 1 is 1.44 bits per heavy atom. The molecule has 1 aromatic heterocycles. The number of rotatable bonds is 6. The number of piperidine rings is 1. The second-order valence-electron chi connectivity index (χ2n) is 6.41. The minimum absolute atomic E-state index is 0.0424. The molecule has 0 aliphatic carbocycles. The highest BCUT2D eigenvalue weighted by molar-refractivity contribution is 5.76. The van der Waals surface area contributed by atoms with Crippen LogP contribution in [-0.4, -0.2) is 40.6 Å². The van der Waals surface area contributed by atoms with Crippen molar-refractivity contribution in [2.75, 3.05) is 13.1 Å². The number of hydrogen-bond donors (Lipinski definition) is 0. The fourth-order valence-corrected chi connectivity index (χ4v) is 3.14. The van der Waals surface area contributed by atoms with Gasteiger partial charge in [0.25, 0.3) is 0 Å². The van der Waals surface area contributed by atoms with Crippen LogP contribution in [0.3, 0.4) is 0 Å². The van der Waals surface area contributed by atoms with Gasteiger partial charge in [-0.1, -0.05) is 12.1 Å². The molecule has 1 saturated heterocycles. The molecule has 1 aliphatic rings. The number of aromatic nitrogens is 2. The number of halogens is 3. The molecule has 1 amide bonds. The average Bonchev–Trinajstić information content (AvgIpc) is 3.13. The van der Waals surface area contributed by atoms with Crippen molar-refractivity contribution < 1.29 is 27.2 Å². The van der Waals surface area contributed by atoms with E-state index in [9.17, 15) is 18.0 Å². The molecule has 6 nitrogen and oxygen atoms in total. The average molecular weight is 383 g/mol. The van der Waals surface area contributed by atoms with E-state index in [0.717, 1.165) is 37.5 Å². The minimum atomic E-state index is -3.02. The van der Waals surface area contributed by atoms with Crippen LogP contribution in [0.5, 0.6) is 5.75 Å². The van der Waals surface area contributed by atoms with E-state index in [1.165, 1.54) is 0 Å². The first kappa shape index (κ1) is 19.2. The molecule has 0 radical (unpaired) electrons. The SMILES string of the molecule is CCCC(=O)N1CCCC(c2nc(-c3cc(OC(F)F)ccc3F)no2)C1. The molecule has 1 fully saturated rings. The van der Waals surface area contributed by atoms with Gasteiger partial charge in [0.05, 0.1) is 11.5 Å². The van der Waals surface area contributed by atoms with Crippen LogP contribution in [-0.2, 0) is 4.79 Å². The summed E-state index contributed by atoms with van der Waals surface area (Å²) in [4.78, 5) is 18.1. The monoisotopic (exact) mass is 383 g/mol. The van der Waals surface area contributed by atoms with Gasteiger partial charge in [-0.2, -0.15) is 13.8 Å². The van der Waals surface area contributed by atoms with Crippen molar-refractivity contribution in [1.29, 1.82) is 0 Å². The standard InChI is InChI=1S/C18H20F3N3O3/c1-2-4-15(25)24-8-3-5-11(10-24)17-22-16(23-27-17)13-9-12(26-18(20)21)6-7-14(13)19/h6-7,9,11,18H,2-5,8,10H2,1H3. The van der Waals surface area contributed by atoms with Gasteiger partial charge in [-0.3, -0.25) is 4.79 Å². The number of hydrogen-bond acceptors (Lipinski definition) is 5. The lowest BCUT2D eigenvalue weighted by Gasteiger charge is -2.31. The molecule has 0 spiro atoms. The van der Waals surface area contributed by atoms with Gasteiger partial charge in [0, 0.05) is 19.5 Å². The van der Waals surface area contributed by atoms with Crippen molar-refractivity contribution in [2.45, 2.75) is 45.1 Å². The van der Waals surface area contributed by atoms with Crippen LogP contribution in [0.2, 0.25) is 0 Å². The molecule has 146 valence electrons. The number of alkyl halides is 2. The lowest BCUT2D eigenvalue weighted by Crippen LogP contribution is -2.39. The van der Waals surface area contributed by atoms with Crippen molar-refractivity contribution in [1.82, 2.24) is 15.0 Å². The number of likely N-dealkylation sites (tertiary alicyclic amines) is 1. The van der Waals surface area contributed by atoms with Crippen molar-refractivity contribution in [2.24, 2.45) is 0 Å². The Labute approximate surface area is 154 Å². The lowest BCUT2D eigenvalue weighted by atomic mass is 9.97. The van der Waals surface area contributed by atoms with Crippen molar-refractivity contribution >= 4 is 5.91 Å². The van der Waals surface area contributed by atoms with Crippen LogP contribution < -0.4 is 4.74 Å². The molecule has 1 aliphatic heterocycles. The number of benzene rings is 1. The lowest BCUT2D eigenvalue weighted by molar-refractivity contribution is -0.132. The Morgan fingerprint density at radius 2 is 2.26 bits per heavy atom. The maximum Gasteiger partial charge on any atom is 0.387 e. The third kappa shape index (κ3) is 4.58. The summed E-state index contributed by atoms with van der Waals surface area (Å²) in [7, 11) is 0. The Morgan fingerprint density at radius 3 is 3.00 bits per heavy atom. The molecule has 1 aromatic carbocycles. The number of carbonyl (C=O) groups is 1. The van der Waals surface area contributed by atoms with E-state index in [4.69, 9.17) is 4.52 Å². The van der Waals surface area contributed by atoms with Gasteiger partial charge in [-0.25, -0.2) is 4.39 Å². The summed E-state index contributed by atoms with van der Waals surface area (Å²) in [6.45, 7) is 0.0949. The zero-order valence-electron chi connectivity index (χ0n) is 14.8. The molecule has 2 aromatic rings. The zero-order chi connectivity index (χ0) is 19.4. The Bertz CT molecular complexity index is 797. The van der Waals surface area contributed by atoms with Gasteiger partial charge < -0.3 is 14.2 Å². The third-order valence-corrected chi connectivity index (χ3v) is 4.43. The number of nitrogens with zero attached hydrogens (tertiary/aromatic N) is 3. The van der Waals surface area contributed by atoms with Crippen LogP contribution in [0.15, 0.2) is 22.7 Å². The van der Waals surface area contributed by atoms with E-state index in [1.54, 1.807) is 4.90 Å². The minimum Gasteiger partial charge on any atom is -0.435 e. The summed E-state index contributed by atoms with van der Waals surface area (Å²) in [5.41, 5.74) is -0.0853. The maximum absolute atomic E-state index is 14.1. The topological polar surface area (TPSA) is 68.5 Å². The molecule has 27 heavy (non-hydrogen) atoms. The summed E-state index contributed by atoms with van der Waals surface area (Å²) < 4.78 is 48.4. The highest BCUT2D eigenvalue weighted by atomic mass is 19.3. The van der Waals surface area contributed by atoms with Crippen LogP contribution in [0.4, 0.5) is 13.2 Å². The van der Waals surface area contributed by atoms with E-state index in [1.807, 2.05) is 6.92 Å². The van der Waals surface area contributed by atoms with Crippen molar-refractivity contribution in [3.8, 4) is 17.1 Å². The quantitative estimate of drug-likeness (QED) is 0.755. The summed E-state index contributed by atoms with van der Waals surface area (Å²) in [5.74, 6) is -0.652. The first-order valence-corrected chi connectivity index (χ1v) is 8.84. The fourth-order valence-electron chi connectivity index (χ4n) is 3.14. The predicted octanol–water partition coefficient (Wildman–Crippen LogP) is 3.98. The molecule has 0 bridgehead atoms. The Hall–Kier alpha value is -2.58. The molecule has 0 saturated carbocycles.